The molecule has 0 aromatic heterocycles. The van der Waals surface area contributed by atoms with Crippen molar-refractivity contribution < 1.29 is 32.2 Å². The lowest BCUT2D eigenvalue weighted by Crippen LogP contribution is -2.24. The summed E-state index contributed by atoms with van der Waals surface area (Å²) < 4.78 is 43.1. The maximum Gasteiger partial charge on any atom is 0.338 e. The zero-order valence-electron chi connectivity index (χ0n) is 18.6. The summed E-state index contributed by atoms with van der Waals surface area (Å²) in [6, 6.07) is 19.3. The predicted octanol–water partition coefficient (Wildman–Crippen LogP) is 2.98. The number of rotatable bonds is 10. The lowest BCUT2D eigenvalue weighted by molar-refractivity contribution is -0.119. The average Bonchev–Trinajstić information content (AvgIpc) is 2.86. The molecular weight excluding hydrogens is 460 g/mol. The molecule has 0 unspecified atom stereocenters. The van der Waals surface area contributed by atoms with E-state index in [4.69, 9.17) is 14.2 Å². The van der Waals surface area contributed by atoms with Crippen LogP contribution in [0.4, 0.5) is 5.69 Å². The molecule has 0 saturated heterocycles. The number of carbonyl (C=O) groups excluding carboxylic acids is 2. The third-order valence-corrected chi connectivity index (χ3v) is 6.10. The van der Waals surface area contributed by atoms with Gasteiger partial charge in [-0.3, -0.25) is 4.79 Å². The molecular formula is C24H24N2O7S. The molecule has 0 spiro atoms. The molecule has 3 aromatic carbocycles. The van der Waals surface area contributed by atoms with Crippen molar-refractivity contribution in [3.8, 4) is 11.5 Å². The molecule has 10 heteroatoms. The number of hydrogen-bond donors (Lipinski definition) is 2. The zero-order chi connectivity index (χ0) is 24.6. The molecule has 0 heterocycles. The molecule has 0 aliphatic rings. The van der Waals surface area contributed by atoms with Gasteiger partial charge in [-0.25, -0.2) is 17.9 Å². The largest absolute Gasteiger partial charge is 0.497 e. The number of benzene rings is 3. The van der Waals surface area contributed by atoms with Crippen LogP contribution >= 0.6 is 0 Å². The summed E-state index contributed by atoms with van der Waals surface area (Å²) in [6.45, 7) is -0.478. The summed E-state index contributed by atoms with van der Waals surface area (Å²) in [6.07, 6.45) is 0. The SMILES string of the molecule is COc1ccc(OC)c(NC(=O)COC(=O)c2cccc(S(=O)(=O)NCc3ccccc3)c2)c1. The molecule has 1 amide bonds. The number of methoxy groups -OCH3 is 2. The molecule has 0 atom stereocenters. The van der Waals surface area contributed by atoms with Crippen molar-refractivity contribution in [3.63, 3.8) is 0 Å². The van der Waals surface area contributed by atoms with Crippen LogP contribution in [0.5, 0.6) is 11.5 Å². The standard InChI is InChI=1S/C24H24N2O7S/c1-31-19-11-12-22(32-2)21(14-19)26-23(27)16-33-24(28)18-9-6-10-20(13-18)34(29,30)25-15-17-7-4-3-5-8-17/h3-14,25H,15-16H2,1-2H3,(H,26,27). The Balaban J connectivity index is 1.61. The normalized spacial score (nSPS) is 10.9. The van der Waals surface area contributed by atoms with Crippen LogP contribution in [-0.2, 0) is 26.1 Å². The van der Waals surface area contributed by atoms with Crippen LogP contribution in [-0.4, -0.2) is 41.1 Å². The van der Waals surface area contributed by atoms with Gasteiger partial charge in [-0.2, -0.15) is 0 Å². The smallest absolute Gasteiger partial charge is 0.338 e. The Morgan fingerprint density at radius 1 is 0.882 bits per heavy atom. The monoisotopic (exact) mass is 484 g/mol. The van der Waals surface area contributed by atoms with Crippen LogP contribution in [0.3, 0.4) is 0 Å². The Kier molecular flexibility index (Phi) is 8.23. The molecule has 2 N–H and O–H groups in total. The molecule has 3 aromatic rings. The van der Waals surface area contributed by atoms with Gasteiger partial charge in [0.15, 0.2) is 6.61 Å². The van der Waals surface area contributed by atoms with Gasteiger partial charge >= 0.3 is 5.97 Å². The van der Waals surface area contributed by atoms with Crippen molar-refractivity contribution in [2.75, 3.05) is 26.1 Å². The lowest BCUT2D eigenvalue weighted by Gasteiger charge is -2.12. The minimum atomic E-state index is -3.86. The van der Waals surface area contributed by atoms with E-state index in [0.717, 1.165) is 5.56 Å². The minimum absolute atomic E-state index is 0.00523. The quantitative estimate of drug-likeness (QED) is 0.425. The number of esters is 1. The molecule has 34 heavy (non-hydrogen) atoms. The number of sulfonamides is 1. The third kappa shape index (κ3) is 6.56. The van der Waals surface area contributed by atoms with Gasteiger partial charge < -0.3 is 19.5 Å². The zero-order valence-corrected chi connectivity index (χ0v) is 19.4. The highest BCUT2D eigenvalue weighted by Gasteiger charge is 2.18. The van der Waals surface area contributed by atoms with E-state index in [2.05, 4.69) is 10.0 Å². The summed E-state index contributed by atoms with van der Waals surface area (Å²) in [5.41, 5.74) is 1.13. The van der Waals surface area contributed by atoms with Gasteiger partial charge in [-0.15, -0.1) is 0 Å². The van der Waals surface area contributed by atoms with Crippen LogP contribution < -0.4 is 19.5 Å². The van der Waals surface area contributed by atoms with Crippen LogP contribution in [0.15, 0.2) is 77.7 Å². The molecule has 0 fully saturated rings. The van der Waals surface area contributed by atoms with Gasteiger partial charge in [-0.05, 0) is 35.9 Å². The molecule has 178 valence electrons. The number of hydrogen-bond acceptors (Lipinski definition) is 7. The highest BCUT2D eigenvalue weighted by atomic mass is 32.2. The van der Waals surface area contributed by atoms with Crippen molar-refractivity contribution in [2.45, 2.75) is 11.4 Å². The van der Waals surface area contributed by atoms with Gasteiger partial charge in [0.2, 0.25) is 10.0 Å². The van der Waals surface area contributed by atoms with Gasteiger partial charge in [-0.1, -0.05) is 36.4 Å². The Bertz CT molecular complexity index is 1260. The fourth-order valence-corrected chi connectivity index (χ4v) is 4.02. The highest BCUT2D eigenvalue weighted by Crippen LogP contribution is 2.28. The fraction of sp³-hybridized carbons (Fsp3) is 0.167. The number of ether oxygens (including phenoxy) is 3. The van der Waals surface area contributed by atoms with Crippen molar-refractivity contribution in [2.24, 2.45) is 0 Å². The molecule has 0 saturated carbocycles. The van der Waals surface area contributed by atoms with Crippen LogP contribution in [0.25, 0.3) is 0 Å². The molecule has 0 aliphatic carbocycles. The first-order valence-corrected chi connectivity index (χ1v) is 11.6. The summed E-state index contributed by atoms with van der Waals surface area (Å²) in [5.74, 6) is -0.533. The first-order valence-electron chi connectivity index (χ1n) is 10.1. The van der Waals surface area contributed by atoms with Crippen LogP contribution in [0.1, 0.15) is 15.9 Å². The average molecular weight is 485 g/mol. The Hall–Kier alpha value is -3.89. The van der Waals surface area contributed by atoms with E-state index < -0.39 is 28.5 Å². The van der Waals surface area contributed by atoms with Crippen molar-refractivity contribution in [1.82, 2.24) is 4.72 Å². The first kappa shape index (κ1) is 24.7. The molecule has 0 aliphatic heterocycles. The second-order valence-corrected chi connectivity index (χ2v) is 8.80. The second kappa shape index (κ2) is 11.3. The van der Waals surface area contributed by atoms with Crippen LogP contribution in [0.2, 0.25) is 0 Å². The van der Waals surface area contributed by atoms with Gasteiger partial charge in [0, 0.05) is 12.6 Å². The van der Waals surface area contributed by atoms with Crippen molar-refractivity contribution >= 4 is 27.6 Å². The van der Waals surface area contributed by atoms with E-state index in [1.807, 2.05) is 6.07 Å². The van der Waals surface area contributed by atoms with Crippen molar-refractivity contribution in [3.05, 3.63) is 83.9 Å². The van der Waals surface area contributed by atoms with Crippen molar-refractivity contribution in [1.29, 1.82) is 0 Å². The van der Waals surface area contributed by atoms with E-state index in [0.29, 0.717) is 17.2 Å². The highest BCUT2D eigenvalue weighted by molar-refractivity contribution is 7.89. The lowest BCUT2D eigenvalue weighted by atomic mass is 10.2. The summed E-state index contributed by atoms with van der Waals surface area (Å²) in [5, 5.41) is 2.58. The number of carbonyl (C=O) groups is 2. The number of nitrogens with one attached hydrogen (secondary N) is 2. The molecule has 0 bridgehead atoms. The van der Waals surface area contributed by atoms with E-state index in [1.54, 1.807) is 42.5 Å². The van der Waals surface area contributed by atoms with Crippen LogP contribution in [0, 0.1) is 0 Å². The van der Waals surface area contributed by atoms with Gasteiger partial charge in [0.05, 0.1) is 30.4 Å². The van der Waals surface area contributed by atoms with Gasteiger partial charge in [0.25, 0.3) is 5.91 Å². The summed E-state index contributed by atoms with van der Waals surface area (Å²) >= 11 is 0. The third-order valence-electron chi connectivity index (χ3n) is 4.70. The maximum absolute atomic E-state index is 12.6. The summed E-state index contributed by atoms with van der Waals surface area (Å²) in [4.78, 5) is 24.6. The Morgan fingerprint density at radius 3 is 2.35 bits per heavy atom. The Labute approximate surface area is 197 Å². The van der Waals surface area contributed by atoms with E-state index in [9.17, 15) is 18.0 Å². The number of anilines is 1. The fourth-order valence-electron chi connectivity index (χ4n) is 2.96. The molecule has 9 nitrogen and oxygen atoms in total. The maximum atomic E-state index is 12.6. The second-order valence-electron chi connectivity index (χ2n) is 7.03. The Morgan fingerprint density at radius 2 is 1.65 bits per heavy atom. The first-order chi connectivity index (χ1) is 16.3. The molecule has 0 radical (unpaired) electrons. The summed E-state index contributed by atoms with van der Waals surface area (Å²) in [7, 11) is -0.925. The topological polar surface area (TPSA) is 120 Å². The number of amides is 1. The minimum Gasteiger partial charge on any atom is -0.497 e. The predicted molar refractivity (Wildman–Crippen MR) is 125 cm³/mol. The van der Waals surface area contributed by atoms with E-state index in [1.165, 1.54) is 38.5 Å². The van der Waals surface area contributed by atoms with E-state index in [-0.39, 0.29) is 17.0 Å². The molecule has 3 rings (SSSR count). The van der Waals surface area contributed by atoms with Gasteiger partial charge in [0.1, 0.15) is 11.5 Å². The van der Waals surface area contributed by atoms with E-state index >= 15 is 0 Å².